The maximum atomic E-state index is 4.70. The Morgan fingerprint density at radius 3 is 2.44 bits per heavy atom. The quantitative estimate of drug-likeness (QED) is 0.648. The molecule has 1 heterocycles. The molecule has 0 radical (unpaired) electrons. The molecule has 1 nitrogen and oxygen atoms in total. The summed E-state index contributed by atoms with van der Waals surface area (Å²) in [6, 6.07) is 21.1. The fourth-order valence-corrected chi connectivity index (χ4v) is 2.34. The summed E-state index contributed by atoms with van der Waals surface area (Å²) in [6.45, 7) is 2.08. The van der Waals surface area contributed by atoms with Gasteiger partial charge in [0.15, 0.2) is 0 Å². The van der Waals surface area contributed by atoms with Crippen LogP contribution >= 0.6 is 0 Å². The molecule has 1 aromatic heterocycles. The molecular weight excluding hydrogens is 218 g/mol. The van der Waals surface area contributed by atoms with Crippen molar-refractivity contribution in [2.45, 2.75) is 13.3 Å². The van der Waals surface area contributed by atoms with Crippen LogP contribution in [0.25, 0.3) is 10.8 Å². The highest BCUT2D eigenvalue weighted by molar-refractivity contribution is 5.84. The van der Waals surface area contributed by atoms with Gasteiger partial charge in [0.05, 0.1) is 0 Å². The van der Waals surface area contributed by atoms with Crippen molar-refractivity contribution >= 4 is 10.8 Å². The summed E-state index contributed by atoms with van der Waals surface area (Å²) in [5, 5.41) is 2.52. The van der Waals surface area contributed by atoms with E-state index >= 15 is 0 Å². The summed E-state index contributed by atoms with van der Waals surface area (Å²) in [4.78, 5) is 4.70. The number of aryl methyl sites for hydroxylation is 1. The molecular formula is C17H15N. The number of benzene rings is 2. The lowest BCUT2D eigenvalue weighted by Crippen LogP contribution is -1.95. The van der Waals surface area contributed by atoms with Crippen LogP contribution in [0.15, 0.2) is 60.7 Å². The smallest absolute Gasteiger partial charge is 0.0457 e. The third-order valence-electron chi connectivity index (χ3n) is 3.21. The van der Waals surface area contributed by atoms with Crippen molar-refractivity contribution in [3.63, 3.8) is 0 Å². The van der Waals surface area contributed by atoms with Gasteiger partial charge < -0.3 is 0 Å². The number of aromatic nitrogens is 1. The van der Waals surface area contributed by atoms with E-state index in [0.29, 0.717) is 0 Å². The zero-order valence-corrected chi connectivity index (χ0v) is 10.4. The highest BCUT2D eigenvalue weighted by atomic mass is 14.7. The van der Waals surface area contributed by atoms with Crippen LogP contribution in [0.1, 0.15) is 17.0 Å². The van der Waals surface area contributed by atoms with Gasteiger partial charge in [0.2, 0.25) is 0 Å². The Labute approximate surface area is 107 Å². The number of rotatable bonds is 2. The van der Waals surface area contributed by atoms with E-state index in [0.717, 1.165) is 17.8 Å². The van der Waals surface area contributed by atoms with Crippen molar-refractivity contribution in [1.82, 2.24) is 4.98 Å². The van der Waals surface area contributed by atoms with Gasteiger partial charge in [-0.1, -0.05) is 54.6 Å². The second-order valence-electron chi connectivity index (χ2n) is 4.58. The van der Waals surface area contributed by atoms with Crippen molar-refractivity contribution in [3.8, 4) is 0 Å². The first-order valence-electron chi connectivity index (χ1n) is 6.22. The van der Waals surface area contributed by atoms with Gasteiger partial charge in [-0.15, -0.1) is 0 Å². The number of hydrogen-bond donors (Lipinski definition) is 0. The third kappa shape index (κ3) is 2.12. The third-order valence-corrected chi connectivity index (χ3v) is 3.21. The van der Waals surface area contributed by atoms with Gasteiger partial charge in [-0.2, -0.15) is 0 Å². The fraction of sp³-hybridized carbons (Fsp3) is 0.118. The molecule has 0 spiro atoms. The topological polar surface area (TPSA) is 12.9 Å². The first kappa shape index (κ1) is 11.0. The Morgan fingerprint density at radius 1 is 0.889 bits per heavy atom. The van der Waals surface area contributed by atoms with Crippen molar-refractivity contribution in [1.29, 1.82) is 0 Å². The largest absolute Gasteiger partial charge is 0.257 e. The van der Waals surface area contributed by atoms with Gasteiger partial charge in [0.25, 0.3) is 0 Å². The Hall–Kier alpha value is -2.15. The Balaban J connectivity index is 2.03. The molecule has 0 unspecified atom stereocenters. The Kier molecular flexibility index (Phi) is 2.81. The maximum absolute atomic E-state index is 4.70. The van der Waals surface area contributed by atoms with Gasteiger partial charge in [0.1, 0.15) is 0 Å². The Bertz CT molecular complexity index is 672. The average Bonchev–Trinajstić information content (AvgIpc) is 2.40. The number of fused-ring (bicyclic) bond motifs is 1. The van der Waals surface area contributed by atoms with E-state index in [4.69, 9.17) is 4.98 Å². The minimum Gasteiger partial charge on any atom is -0.257 e. The molecule has 3 aromatic rings. The molecule has 0 bridgehead atoms. The first-order chi connectivity index (χ1) is 8.83. The summed E-state index contributed by atoms with van der Waals surface area (Å²) < 4.78 is 0. The van der Waals surface area contributed by atoms with Crippen LogP contribution in [0.4, 0.5) is 0 Å². The summed E-state index contributed by atoms with van der Waals surface area (Å²) in [5.74, 6) is 0. The summed E-state index contributed by atoms with van der Waals surface area (Å²) >= 11 is 0. The van der Waals surface area contributed by atoms with Crippen LogP contribution < -0.4 is 0 Å². The molecule has 2 aromatic carbocycles. The molecule has 18 heavy (non-hydrogen) atoms. The van der Waals surface area contributed by atoms with E-state index in [2.05, 4.69) is 61.5 Å². The second kappa shape index (κ2) is 4.61. The van der Waals surface area contributed by atoms with Crippen molar-refractivity contribution in [2.75, 3.05) is 0 Å². The van der Waals surface area contributed by atoms with Crippen LogP contribution in [-0.2, 0) is 6.42 Å². The lowest BCUT2D eigenvalue weighted by atomic mass is 10.1. The van der Waals surface area contributed by atoms with Gasteiger partial charge in [-0.05, 0) is 23.9 Å². The van der Waals surface area contributed by atoms with Gasteiger partial charge in [-0.3, -0.25) is 4.98 Å². The predicted octanol–water partition coefficient (Wildman–Crippen LogP) is 4.13. The van der Waals surface area contributed by atoms with E-state index in [1.807, 2.05) is 6.07 Å². The fourth-order valence-electron chi connectivity index (χ4n) is 2.34. The van der Waals surface area contributed by atoms with E-state index < -0.39 is 0 Å². The van der Waals surface area contributed by atoms with Crippen molar-refractivity contribution in [3.05, 3.63) is 77.6 Å². The lowest BCUT2D eigenvalue weighted by Gasteiger charge is -2.06. The standard InChI is InChI=1S/C17H15N/c1-13-17-10-6-5-9-15(17)12-16(18-13)11-14-7-3-2-4-8-14/h2-10,12H,11H2,1H3. The first-order valence-corrected chi connectivity index (χ1v) is 6.22. The number of pyridine rings is 1. The van der Waals surface area contributed by atoms with Crippen LogP contribution in [-0.4, -0.2) is 4.98 Å². The van der Waals surface area contributed by atoms with E-state index in [1.54, 1.807) is 0 Å². The molecule has 88 valence electrons. The van der Waals surface area contributed by atoms with Gasteiger partial charge >= 0.3 is 0 Å². The number of nitrogens with zero attached hydrogens (tertiary/aromatic N) is 1. The summed E-state index contributed by atoms with van der Waals surface area (Å²) in [6.07, 6.45) is 0.895. The zero-order chi connectivity index (χ0) is 12.4. The molecule has 1 heteroatoms. The highest BCUT2D eigenvalue weighted by Crippen LogP contribution is 2.19. The van der Waals surface area contributed by atoms with Crippen LogP contribution in [0.3, 0.4) is 0 Å². The molecule has 3 rings (SSSR count). The van der Waals surface area contributed by atoms with Crippen LogP contribution in [0, 0.1) is 6.92 Å². The molecule has 0 saturated heterocycles. The minimum absolute atomic E-state index is 0.895. The molecule has 0 atom stereocenters. The lowest BCUT2D eigenvalue weighted by molar-refractivity contribution is 1.05. The summed E-state index contributed by atoms with van der Waals surface area (Å²) in [7, 11) is 0. The zero-order valence-electron chi connectivity index (χ0n) is 10.4. The minimum atomic E-state index is 0.895. The van der Waals surface area contributed by atoms with Crippen molar-refractivity contribution in [2.24, 2.45) is 0 Å². The predicted molar refractivity (Wildman–Crippen MR) is 75.7 cm³/mol. The molecule has 0 aliphatic rings. The van der Waals surface area contributed by atoms with E-state index in [9.17, 15) is 0 Å². The maximum Gasteiger partial charge on any atom is 0.0457 e. The number of hydrogen-bond acceptors (Lipinski definition) is 1. The van der Waals surface area contributed by atoms with Crippen LogP contribution in [0.5, 0.6) is 0 Å². The Morgan fingerprint density at radius 2 is 1.61 bits per heavy atom. The molecule has 0 saturated carbocycles. The normalized spacial score (nSPS) is 10.7. The average molecular weight is 233 g/mol. The molecule has 0 aliphatic heterocycles. The van der Waals surface area contributed by atoms with Crippen molar-refractivity contribution < 1.29 is 0 Å². The van der Waals surface area contributed by atoms with Gasteiger partial charge in [0, 0.05) is 23.2 Å². The van der Waals surface area contributed by atoms with E-state index in [-0.39, 0.29) is 0 Å². The second-order valence-corrected chi connectivity index (χ2v) is 4.58. The molecule has 0 N–H and O–H groups in total. The highest BCUT2D eigenvalue weighted by Gasteiger charge is 2.02. The molecule has 0 aliphatic carbocycles. The molecule has 0 fully saturated rings. The SMILES string of the molecule is Cc1nc(Cc2ccccc2)cc2ccccc12. The van der Waals surface area contributed by atoms with Gasteiger partial charge in [-0.25, -0.2) is 0 Å². The summed E-state index contributed by atoms with van der Waals surface area (Å²) in [5.41, 5.74) is 3.55. The molecule has 0 amide bonds. The van der Waals surface area contributed by atoms with Crippen LogP contribution in [0.2, 0.25) is 0 Å². The monoisotopic (exact) mass is 233 g/mol. The van der Waals surface area contributed by atoms with E-state index in [1.165, 1.54) is 16.3 Å².